The Kier molecular flexibility index (Phi) is 0.749. The highest BCUT2D eigenvalue weighted by Crippen LogP contribution is 2.14. The molecule has 0 fully saturated rings. The zero-order valence-electron chi connectivity index (χ0n) is 3.35. The van der Waals surface area contributed by atoms with E-state index in [1.165, 1.54) is 0 Å². The molecule has 2 nitrogen and oxygen atoms in total. The molecule has 1 rings (SSSR count). The average Bonchev–Trinajstić information content (AvgIpc) is 1.91. The Morgan fingerprint density at radius 3 is 2.57 bits per heavy atom. The number of furan rings is 1. The van der Waals surface area contributed by atoms with Gasteiger partial charge < -0.3 is 4.42 Å². The minimum atomic E-state index is -0.903. The molecule has 0 aliphatic rings. The van der Waals surface area contributed by atoms with E-state index in [0.29, 0.717) is 0 Å². The molecule has 37 valence electrons. The first-order valence-corrected chi connectivity index (χ1v) is 1.70. The maximum atomic E-state index is 11.7. The quantitative estimate of drug-likeness (QED) is 0.488. The van der Waals surface area contributed by atoms with Crippen molar-refractivity contribution in [3.8, 4) is 5.95 Å². The molecule has 0 saturated carbocycles. The lowest BCUT2D eigenvalue weighted by Gasteiger charge is -1.68. The standard InChI is InChI=1S/C4H2FO2/c5-3-1-2-7-4(3)6/h1-2H. The molecule has 0 atom stereocenters. The molecule has 0 aliphatic carbocycles. The van der Waals surface area contributed by atoms with E-state index in [-0.39, 0.29) is 0 Å². The van der Waals surface area contributed by atoms with Gasteiger partial charge in [-0.05, 0) is 0 Å². The fraction of sp³-hybridized carbons (Fsp3) is 0. The van der Waals surface area contributed by atoms with Crippen LogP contribution in [0.5, 0.6) is 5.95 Å². The lowest BCUT2D eigenvalue weighted by molar-refractivity contribution is 0.234. The van der Waals surface area contributed by atoms with Crippen LogP contribution in [-0.4, -0.2) is 0 Å². The molecule has 0 spiro atoms. The van der Waals surface area contributed by atoms with E-state index >= 15 is 0 Å². The van der Waals surface area contributed by atoms with Gasteiger partial charge in [0.05, 0.1) is 6.26 Å². The molecule has 1 radical (unpaired) electrons. The summed E-state index contributed by atoms with van der Waals surface area (Å²) < 4.78 is 15.7. The number of hydrogen-bond donors (Lipinski definition) is 0. The summed E-state index contributed by atoms with van der Waals surface area (Å²) in [7, 11) is 0. The largest absolute Gasteiger partial charge is 0.429 e. The molecular weight excluding hydrogens is 99.0 g/mol. The van der Waals surface area contributed by atoms with Gasteiger partial charge in [0.1, 0.15) is 0 Å². The Bertz CT molecular complexity index is 142. The topological polar surface area (TPSA) is 33.0 Å². The summed E-state index contributed by atoms with van der Waals surface area (Å²) in [6, 6.07) is 0.975. The summed E-state index contributed by atoms with van der Waals surface area (Å²) in [5.74, 6) is -1.74. The summed E-state index contributed by atoms with van der Waals surface area (Å²) >= 11 is 0. The average molecular weight is 101 g/mol. The minimum Gasteiger partial charge on any atom is -0.429 e. The molecule has 0 unspecified atom stereocenters. The minimum absolute atomic E-state index is 0.833. The number of halogens is 1. The Labute approximate surface area is 39.2 Å². The van der Waals surface area contributed by atoms with Gasteiger partial charge in [-0.2, -0.15) is 4.39 Å². The van der Waals surface area contributed by atoms with Crippen molar-refractivity contribution in [2.24, 2.45) is 0 Å². The van der Waals surface area contributed by atoms with Gasteiger partial charge in [-0.3, -0.25) is 0 Å². The third kappa shape index (κ3) is 0.559. The second-order valence-corrected chi connectivity index (χ2v) is 1.06. The molecule has 1 heterocycles. The van der Waals surface area contributed by atoms with E-state index in [1.807, 2.05) is 0 Å². The van der Waals surface area contributed by atoms with Crippen molar-refractivity contribution in [3.05, 3.63) is 18.1 Å². The zero-order valence-corrected chi connectivity index (χ0v) is 3.35. The third-order valence-electron chi connectivity index (χ3n) is 0.584. The molecule has 7 heavy (non-hydrogen) atoms. The molecule has 0 amide bonds. The van der Waals surface area contributed by atoms with Gasteiger partial charge in [-0.1, -0.05) is 0 Å². The Morgan fingerprint density at radius 1 is 1.71 bits per heavy atom. The first kappa shape index (κ1) is 4.18. The summed E-state index contributed by atoms with van der Waals surface area (Å²) in [5, 5.41) is 9.88. The number of rotatable bonds is 0. The summed E-state index contributed by atoms with van der Waals surface area (Å²) in [5.41, 5.74) is 0. The molecule has 3 heteroatoms. The molecule has 0 aliphatic heterocycles. The Balaban J connectivity index is 3.12. The van der Waals surface area contributed by atoms with Crippen molar-refractivity contribution < 1.29 is 13.9 Å². The van der Waals surface area contributed by atoms with Gasteiger partial charge in [-0.25, -0.2) is 5.11 Å². The van der Waals surface area contributed by atoms with Crippen LogP contribution in [0.25, 0.3) is 0 Å². The van der Waals surface area contributed by atoms with Crippen molar-refractivity contribution in [3.63, 3.8) is 0 Å². The van der Waals surface area contributed by atoms with Crippen molar-refractivity contribution in [1.29, 1.82) is 0 Å². The zero-order chi connectivity index (χ0) is 5.28. The van der Waals surface area contributed by atoms with E-state index in [2.05, 4.69) is 4.42 Å². The normalized spacial score (nSPS) is 9.29. The van der Waals surface area contributed by atoms with Crippen molar-refractivity contribution in [2.45, 2.75) is 0 Å². The van der Waals surface area contributed by atoms with Crippen LogP contribution >= 0.6 is 0 Å². The summed E-state index contributed by atoms with van der Waals surface area (Å²) in [4.78, 5) is 0. The van der Waals surface area contributed by atoms with Gasteiger partial charge in [0, 0.05) is 6.07 Å². The number of hydrogen-bond acceptors (Lipinski definition) is 1. The van der Waals surface area contributed by atoms with E-state index in [0.717, 1.165) is 12.3 Å². The van der Waals surface area contributed by atoms with Crippen LogP contribution in [-0.2, 0) is 5.11 Å². The van der Waals surface area contributed by atoms with Gasteiger partial charge in [0.25, 0.3) is 0 Å². The predicted molar refractivity (Wildman–Crippen MR) is 18.8 cm³/mol. The third-order valence-corrected chi connectivity index (χ3v) is 0.584. The van der Waals surface area contributed by atoms with Crippen LogP contribution < -0.4 is 0 Å². The molecule has 1 aromatic rings. The SMILES string of the molecule is [O]c1occc1F. The summed E-state index contributed by atoms with van der Waals surface area (Å²) in [6.45, 7) is 0. The van der Waals surface area contributed by atoms with Crippen molar-refractivity contribution in [1.82, 2.24) is 0 Å². The van der Waals surface area contributed by atoms with E-state index in [9.17, 15) is 9.50 Å². The molecule has 0 bridgehead atoms. The molecule has 0 saturated heterocycles. The second kappa shape index (κ2) is 1.26. The monoisotopic (exact) mass is 101 g/mol. The smallest absolute Gasteiger partial charge is 0.372 e. The van der Waals surface area contributed by atoms with Crippen LogP contribution in [0.15, 0.2) is 16.7 Å². The highest BCUT2D eigenvalue weighted by molar-refractivity contribution is 5.04. The van der Waals surface area contributed by atoms with Crippen LogP contribution in [0.3, 0.4) is 0 Å². The van der Waals surface area contributed by atoms with Crippen molar-refractivity contribution >= 4 is 0 Å². The van der Waals surface area contributed by atoms with Crippen LogP contribution in [0.4, 0.5) is 4.39 Å². The van der Waals surface area contributed by atoms with Gasteiger partial charge >= 0.3 is 5.95 Å². The van der Waals surface area contributed by atoms with Gasteiger partial charge in [0.15, 0.2) is 0 Å². The Morgan fingerprint density at radius 2 is 2.43 bits per heavy atom. The van der Waals surface area contributed by atoms with Crippen LogP contribution in [0.2, 0.25) is 0 Å². The van der Waals surface area contributed by atoms with Crippen molar-refractivity contribution in [2.75, 3.05) is 0 Å². The fourth-order valence-electron chi connectivity index (χ4n) is 0.280. The van der Waals surface area contributed by atoms with E-state index in [1.54, 1.807) is 0 Å². The predicted octanol–water partition coefficient (Wildman–Crippen LogP) is 1.56. The summed E-state index contributed by atoms with van der Waals surface area (Å²) in [6.07, 6.45) is 1.01. The first-order chi connectivity index (χ1) is 3.30. The Hall–Kier alpha value is -0.990. The van der Waals surface area contributed by atoms with E-state index < -0.39 is 11.8 Å². The van der Waals surface area contributed by atoms with Gasteiger partial charge in [-0.15, -0.1) is 0 Å². The van der Waals surface area contributed by atoms with Crippen LogP contribution in [0, 0.1) is 5.82 Å². The van der Waals surface area contributed by atoms with Gasteiger partial charge in [0.2, 0.25) is 5.82 Å². The lowest BCUT2D eigenvalue weighted by Crippen LogP contribution is -1.56. The second-order valence-electron chi connectivity index (χ2n) is 1.06. The highest BCUT2D eigenvalue weighted by Gasteiger charge is 2.01. The van der Waals surface area contributed by atoms with E-state index in [4.69, 9.17) is 0 Å². The molecule has 0 N–H and O–H groups in total. The lowest BCUT2D eigenvalue weighted by atomic mass is 10.6. The maximum Gasteiger partial charge on any atom is 0.372 e. The highest BCUT2D eigenvalue weighted by atomic mass is 19.1. The first-order valence-electron chi connectivity index (χ1n) is 1.70. The fourth-order valence-corrected chi connectivity index (χ4v) is 0.280. The molecule has 0 aromatic carbocycles. The molecule has 1 aromatic heterocycles. The molecular formula is C4H2FO2. The maximum absolute atomic E-state index is 11.7. The van der Waals surface area contributed by atoms with Crippen LogP contribution in [0.1, 0.15) is 0 Å².